The van der Waals surface area contributed by atoms with E-state index in [9.17, 15) is 15.0 Å². The molecule has 2 rings (SSSR count). The molecule has 0 radical (unpaired) electrons. The van der Waals surface area contributed by atoms with Gasteiger partial charge in [-0.3, -0.25) is 4.79 Å². The van der Waals surface area contributed by atoms with E-state index in [-0.39, 0.29) is 37.4 Å². The molecule has 0 saturated carbocycles. The van der Waals surface area contributed by atoms with E-state index in [4.69, 9.17) is 15.2 Å². The summed E-state index contributed by atoms with van der Waals surface area (Å²) in [6, 6.07) is 5.00. The topological polar surface area (TPSA) is 105 Å². The molecular formula is C16H25ClN2O5. The summed E-state index contributed by atoms with van der Waals surface area (Å²) in [7, 11) is 1.54. The van der Waals surface area contributed by atoms with Gasteiger partial charge in [0.15, 0.2) is 0 Å². The van der Waals surface area contributed by atoms with Crippen molar-refractivity contribution in [3.63, 3.8) is 0 Å². The minimum absolute atomic E-state index is 0. The van der Waals surface area contributed by atoms with Crippen molar-refractivity contribution in [2.45, 2.75) is 12.5 Å². The predicted molar refractivity (Wildman–Crippen MR) is 91.9 cm³/mol. The van der Waals surface area contributed by atoms with Crippen LogP contribution in [0.2, 0.25) is 0 Å². The molecule has 1 aromatic rings. The minimum Gasteiger partial charge on any atom is -0.497 e. The number of nitrogens with two attached hydrogens (primary N) is 1. The Balaban J connectivity index is 0.00000288. The number of rotatable bonds is 6. The minimum atomic E-state index is -0.718. The molecule has 1 aliphatic heterocycles. The van der Waals surface area contributed by atoms with E-state index in [1.54, 1.807) is 30.2 Å². The summed E-state index contributed by atoms with van der Waals surface area (Å²) in [6.45, 7) is 1.25. The molecular weight excluding hydrogens is 336 g/mol. The summed E-state index contributed by atoms with van der Waals surface area (Å²) in [5.41, 5.74) is 5.87. The smallest absolute Gasteiger partial charge is 0.257 e. The number of piperidine rings is 1. The van der Waals surface area contributed by atoms with Gasteiger partial charge in [-0.15, -0.1) is 12.4 Å². The molecule has 24 heavy (non-hydrogen) atoms. The molecule has 0 bridgehead atoms. The zero-order chi connectivity index (χ0) is 16.8. The van der Waals surface area contributed by atoms with E-state index in [1.165, 1.54) is 0 Å². The number of aliphatic hydroxyl groups excluding tert-OH is 2. The van der Waals surface area contributed by atoms with Crippen molar-refractivity contribution in [2.24, 2.45) is 11.7 Å². The standard InChI is InChI=1S/C16H24N2O5.ClH/c1-22-12-2-3-13(15(8-12)23-7-5-17)16(21)18-6-4-11(10-19)14(20)9-18;/h2-3,8,11,14,19-20H,4-7,9-10,17H2,1H3;1H/t11-,14-;/m1./s1. The molecule has 0 unspecified atom stereocenters. The zero-order valence-electron chi connectivity index (χ0n) is 13.7. The van der Waals surface area contributed by atoms with Gasteiger partial charge in [0.05, 0.1) is 18.8 Å². The molecule has 1 heterocycles. The number of methoxy groups -OCH3 is 1. The first kappa shape index (κ1) is 20.5. The third kappa shape index (κ3) is 4.73. The van der Waals surface area contributed by atoms with Gasteiger partial charge >= 0.3 is 0 Å². The van der Waals surface area contributed by atoms with Gasteiger partial charge in [-0.1, -0.05) is 0 Å². The third-order valence-corrected chi connectivity index (χ3v) is 4.04. The van der Waals surface area contributed by atoms with Crippen molar-refractivity contribution < 1.29 is 24.5 Å². The monoisotopic (exact) mass is 360 g/mol. The molecule has 0 spiro atoms. The molecule has 2 atom stereocenters. The van der Waals surface area contributed by atoms with Crippen LogP contribution >= 0.6 is 12.4 Å². The normalized spacial score (nSPS) is 20.2. The lowest BCUT2D eigenvalue weighted by molar-refractivity contribution is 0.000739. The Hall–Kier alpha value is -1.54. The molecule has 1 fully saturated rings. The van der Waals surface area contributed by atoms with E-state index in [1.807, 2.05) is 0 Å². The van der Waals surface area contributed by atoms with Gasteiger partial charge in [0, 0.05) is 38.2 Å². The van der Waals surface area contributed by atoms with Crippen LogP contribution in [0.15, 0.2) is 18.2 Å². The lowest BCUT2D eigenvalue weighted by Crippen LogP contribution is -2.47. The number of halogens is 1. The third-order valence-electron chi connectivity index (χ3n) is 4.04. The van der Waals surface area contributed by atoms with Crippen LogP contribution < -0.4 is 15.2 Å². The van der Waals surface area contributed by atoms with Gasteiger partial charge < -0.3 is 30.3 Å². The van der Waals surface area contributed by atoms with Crippen molar-refractivity contribution in [3.05, 3.63) is 23.8 Å². The van der Waals surface area contributed by atoms with E-state index in [0.717, 1.165) is 0 Å². The number of benzene rings is 1. The highest BCUT2D eigenvalue weighted by atomic mass is 35.5. The van der Waals surface area contributed by atoms with Crippen LogP contribution in [0.1, 0.15) is 16.8 Å². The van der Waals surface area contributed by atoms with Gasteiger partial charge in [0.2, 0.25) is 0 Å². The fourth-order valence-corrected chi connectivity index (χ4v) is 2.64. The molecule has 1 saturated heterocycles. The highest BCUT2D eigenvalue weighted by molar-refractivity contribution is 5.97. The van der Waals surface area contributed by atoms with Crippen molar-refractivity contribution in [3.8, 4) is 11.5 Å². The highest BCUT2D eigenvalue weighted by Gasteiger charge is 2.31. The fraction of sp³-hybridized carbons (Fsp3) is 0.562. The molecule has 1 amide bonds. The van der Waals surface area contributed by atoms with Gasteiger partial charge in [0.25, 0.3) is 5.91 Å². The summed E-state index contributed by atoms with van der Waals surface area (Å²) >= 11 is 0. The number of carbonyl (C=O) groups is 1. The molecule has 8 heteroatoms. The SMILES string of the molecule is COc1ccc(C(=O)N2CC[C@H](CO)[C@H](O)C2)c(OCCN)c1.Cl. The second-order valence-corrected chi connectivity index (χ2v) is 5.55. The van der Waals surface area contributed by atoms with Gasteiger partial charge in [-0.05, 0) is 18.6 Å². The average Bonchev–Trinajstić information content (AvgIpc) is 2.58. The van der Waals surface area contributed by atoms with Crippen LogP contribution in [-0.2, 0) is 0 Å². The Bertz CT molecular complexity index is 543. The molecule has 7 nitrogen and oxygen atoms in total. The van der Waals surface area contributed by atoms with Crippen LogP contribution in [0, 0.1) is 5.92 Å². The molecule has 1 aliphatic rings. The molecule has 1 aromatic carbocycles. The van der Waals surface area contributed by atoms with Crippen molar-refractivity contribution in [2.75, 3.05) is 40.0 Å². The summed E-state index contributed by atoms with van der Waals surface area (Å²) in [6.07, 6.45) is -0.150. The maximum Gasteiger partial charge on any atom is 0.257 e. The Morgan fingerprint density at radius 3 is 2.79 bits per heavy atom. The number of likely N-dealkylation sites (tertiary alicyclic amines) is 1. The first-order chi connectivity index (χ1) is 11.1. The van der Waals surface area contributed by atoms with Gasteiger partial charge in [-0.2, -0.15) is 0 Å². The number of aliphatic hydroxyl groups is 2. The maximum atomic E-state index is 12.7. The van der Waals surface area contributed by atoms with Gasteiger partial charge in [-0.25, -0.2) is 0 Å². The fourth-order valence-electron chi connectivity index (χ4n) is 2.64. The van der Waals surface area contributed by atoms with E-state index in [2.05, 4.69) is 0 Å². The van der Waals surface area contributed by atoms with Crippen LogP contribution in [-0.4, -0.2) is 67.1 Å². The zero-order valence-corrected chi connectivity index (χ0v) is 14.5. The first-order valence-electron chi connectivity index (χ1n) is 7.69. The highest BCUT2D eigenvalue weighted by Crippen LogP contribution is 2.28. The average molecular weight is 361 g/mol. The number of hydrogen-bond acceptors (Lipinski definition) is 6. The molecule has 0 aromatic heterocycles. The van der Waals surface area contributed by atoms with Crippen LogP contribution in [0.3, 0.4) is 0 Å². The number of ether oxygens (including phenoxy) is 2. The Morgan fingerprint density at radius 2 is 2.21 bits per heavy atom. The molecule has 136 valence electrons. The van der Waals surface area contributed by atoms with Crippen LogP contribution in [0.4, 0.5) is 0 Å². The molecule has 0 aliphatic carbocycles. The summed E-state index contributed by atoms with van der Waals surface area (Å²) in [4.78, 5) is 14.3. The number of amides is 1. The predicted octanol–water partition coefficient (Wildman–Crippen LogP) is 0.270. The second-order valence-electron chi connectivity index (χ2n) is 5.55. The van der Waals surface area contributed by atoms with E-state index in [0.29, 0.717) is 43.2 Å². The number of carbonyl (C=O) groups excluding carboxylic acids is 1. The van der Waals surface area contributed by atoms with Crippen LogP contribution in [0.25, 0.3) is 0 Å². The summed E-state index contributed by atoms with van der Waals surface area (Å²) in [5.74, 6) is 0.615. The van der Waals surface area contributed by atoms with E-state index >= 15 is 0 Å². The Morgan fingerprint density at radius 1 is 1.46 bits per heavy atom. The number of hydrogen-bond donors (Lipinski definition) is 3. The van der Waals surface area contributed by atoms with Crippen LogP contribution in [0.5, 0.6) is 11.5 Å². The number of nitrogens with zero attached hydrogens (tertiary/aromatic N) is 1. The largest absolute Gasteiger partial charge is 0.497 e. The quantitative estimate of drug-likeness (QED) is 0.672. The van der Waals surface area contributed by atoms with E-state index < -0.39 is 6.10 Å². The Labute approximate surface area is 147 Å². The van der Waals surface area contributed by atoms with Gasteiger partial charge in [0.1, 0.15) is 18.1 Å². The van der Waals surface area contributed by atoms with Crippen molar-refractivity contribution in [1.82, 2.24) is 4.90 Å². The lowest BCUT2D eigenvalue weighted by atomic mass is 9.94. The second kappa shape index (κ2) is 9.68. The lowest BCUT2D eigenvalue weighted by Gasteiger charge is -2.35. The molecule has 4 N–H and O–H groups in total. The van der Waals surface area contributed by atoms with Crippen molar-refractivity contribution in [1.29, 1.82) is 0 Å². The maximum absolute atomic E-state index is 12.7. The summed E-state index contributed by atoms with van der Waals surface area (Å²) < 4.78 is 10.7. The first-order valence-corrected chi connectivity index (χ1v) is 7.69. The summed E-state index contributed by atoms with van der Waals surface area (Å²) in [5, 5.41) is 19.2. The number of β-amino-alcohol motifs (C(OH)–C–C–N with tert-alkyl or cyclic N) is 1. The van der Waals surface area contributed by atoms with Crippen molar-refractivity contribution >= 4 is 18.3 Å². The Kier molecular flexibility index (Phi) is 8.27.